The predicted octanol–water partition coefficient (Wildman–Crippen LogP) is 4.20. The molecule has 5 rings (SSSR count). The molecule has 1 aliphatic heterocycles. The topological polar surface area (TPSA) is 56.1 Å². The van der Waals surface area contributed by atoms with Gasteiger partial charge in [0.25, 0.3) is 5.56 Å². The molecular weight excluding hydrogens is 401 g/mol. The lowest BCUT2D eigenvalue weighted by Crippen LogP contribution is -2.16. The first-order chi connectivity index (χ1) is 14.7. The fraction of sp³-hybridized carbons (Fsp3) is 0.217. The van der Waals surface area contributed by atoms with Crippen LogP contribution >= 0.6 is 11.3 Å². The summed E-state index contributed by atoms with van der Waals surface area (Å²) < 4.78 is 21.4. The summed E-state index contributed by atoms with van der Waals surface area (Å²) in [4.78, 5) is 18.0. The van der Waals surface area contributed by atoms with Gasteiger partial charge in [0.2, 0.25) is 0 Å². The molecule has 0 amide bonds. The first-order valence-corrected chi connectivity index (χ1v) is 10.7. The van der Waals surface area contributed by atoms with E-state index in [0.717, 1.165) is 37.8 Å². The summed E-state index contributed by atoms with van der Waals surface area (Å²) in [7, 11) is 0. The Labute approximate surface area is 176 Å². The maximum absolute atomic E-state index is 12.9. The Hall–Kier alpha value is -3.03. The molecule has 0 aliphatic carbocycles. The Morgan fingerprint density at radius 1 is 1.20 bits per heavy atom. The maximum atomic E-state index is 12.9. The number of ether oxygens (including phenoxy) is 1. The maximum Gasteiger partial charge on any atom is 0.258 e. The van der Waals surface area contributed by atoms with Crippen molar-refractivity contribution >= 4 is 21.4 Å². The lowest BCUT2D eigenvalue weighted by atomic mass is 10.1. The van der Waals surface area contributed by atoms with Crippen LogP contribution in [0.2, 0.25) is 0 Å². The minimum atomic E-state index is -0.392. The van der Waals surface area contributed by atoms with E-state index in [1.807, 2.05) is 6.07 Å². The highest BCUT2D eigenvalue weighted by Crippen LogP contribution is 2.34. The molecule has 0 bridgehead atoms. The number of fused-ring (bicyclic) bond motifs is 3. The van der Waals surface area contributed by atoms with Crippen molar-refractivity contribution in [1.82, 2.24) is 14.9 Å². The second kappa shape index (κ2) is 8.01. The van der Waals surface area contributed by atoms with E-state index in [1.54, 1.807) is 34.2 Å². The highest BCUT2D eigenvalue weighted by atomic mass is 32.1. The summed E-state index contributed by atoms with van der Waals surface area (Å²) in [5.41, 5.74) is 2.71. The molecule has 5 nitrogen and oxygen atoms in total. The molecule has 152 valence electrons. The van der Waals surface area contributed by atoms with Crippen LogP contribution in [0.1, 0.15) is 22.6 Å². The van der Waals surface area contributed by atoms with Crippen LogP contribution in [0.3, 0.4) is 0 Å². The van der Waals surface area contributed by atoms with E-state index in [9.17, 15) is 9.18 Å². The monoisotopic (exact) mass is 421 g/mol. The zero-order valence-corrected chi connectivity index (χ0v) is 17.0. The molecule has 30 heavy (non-hydrogen) atoms. The van der Waals surface area contributed by atoms with Crippen LogP contribution in [0.25, 0.3) is 15.8 Å². The molecule has 0 spiro atoms. The zero-order chi connectivity index (χ0) is 20.5. The number of rotatable bonds is 4. The highest BCUT2D eigenvalue weighted by molar-refractivity contribution is 7.19. The van der Waals surface area contributed by atoms with Crippen molar-refractivity contribution in [3.8, 4) is 11.4 Å². The molecule has 1 aromatic carbocycles. The van der Waals surface area contributed by atoms with Crippen molar-refractivity contribution in [3.63, 3.8) is 0 Å². The van der Waals surface area contributed by atoms with Crippen LogP contribution in [0.5, 0.6) is 5.75 Å². The van der Waals surface area contributed by atoms with E-state index >= 15 is 0 Å². The van der Waals surface area contributed by atoms with Crippen LogP contribution in [-0.2, 0) is 19.6 Å². The summed E-state index contributed by atoms with van der Waals surface area (Å²) in [5, 5.41) is 4.76. The number of pyridine rings is 2. The van der Waals surface area contributed by atoms with Crippen molar-refractivity contribution in [2.45, 2.75) is 26.0 Å². The third-order valence-electron chi connectivity index (χ3n) is 5.27. The highest BCUT2D eigenvalue weighted by Gasteiger charge is 2.15. The van der Waals surface area contributed by atoms with Crippen LogP contribution in [0.4, 0.5) is 4.39 Å². The van der Waals surface area contributed by atoms with Crippen molar-refractivity contribution < 1.29 is 9.13 Å². The number of hydrogen-bond donors (Lipinski definition) is 1. The van der Waals surface area contributed by atoms with Crippen LogP contribution in [-0.4, -0.2) is 16.1 Å². The number of aromatic nitrogens is 2. The smallest absolute Gasteiger partial charge is 0.258 e. The number of benzene rings is 1. The second-order valence-electron chi connectivity index (χ2n) is 7.29. The van der Waals surface area contributed by atoms with Crippen molar-refractivity contribution in [3.05, 3.63) is 87.2 Å². The number of nitrogens with zero attached hydrogens (tertiary/aromatic N) is 2. The largest absolute Gasteiger partial charge is 0.487 e. The van der Waals surface area contributed by atoms with Gasteiger partial charge < -0.3 is 10.1 Å². The standard InChI is InChI=1S/C23H20FN3O2S/c24-15-3-4-16(26-12-15)14-29-18-7-9-27(23(28)11-18)17-5-6-20-19-2-1-8-25-13-22(19)30-21(20)10-17/h3-7,9-12,25H,1-2,8,13-14H2. The van der Waals surface area contributed by atoms with E-state index in [4.69, 9.17) is 4.74 Å². The molecule has 4 aromatic rings. The fourth-order valence-electron chi connectivity index (χ4n) is 3.76. The molecule has 1 N–H and O–H groups in total. The van der Waals surface area contributed by atoms with Crippen LogP contribution in [0, 0.1) is 5.82 Å². The van der Waals surface area contributed by atoms with E-state index in [-0.39, 0.29) is 12.2 Å². The number of aryl methyl sites for hydroxylation is 1. The molecule has 0 atom stereocenters. The Kier molecular flexibility index (Phi) is 5.06. The van der Waals surface area contributed by atoms with E-state index in [0.29, 0.717) is 11.4 Å². The molecule has 0 saturated heterocycles. The average molecular weight is 421 g/mol. The summed E-state index contributed by atoms with van der Waals surface area (Å²) in [6.45, 7) is 2.14. The molecule has 1 aliphatic rings. The van der Waals surface area contributed by atoms with Crippen molar-refractivity contribution in [2.75, 3.05) is 6.54 Å². The van der Waals surface area contributed by atoms with Gasteiger partial charge in [0.15, 0.2) is 0 Å². The number of thiophene rings is 1. The molecular formula is C23H20FN3O2S. The average Bonchev–Trinajstić information content (AvgIpc) is 2.93. The zero-order valence-electron chi connectivity index (χ0n) is 16.2. The summed E-state index contributed by atoms with van der Waals surface area (Å²) in [6, 6.07) is 12.3. The number of halogens is 1. The van der Waals surface area contributed by atoms with Gasteiger partial charge >= 0.3 is 0 Å². The summed E-state index contributed by atoms with van der Waals surface area (Å²) >= 11 is 1.80. The van der Waals surface area contributed by atoms with Gasteiger partial charge in [-0.15, -0.1) is 11.3 Å². The molecule has 3 aromatic heterocycles. The minimum Gasteiger partial charge on any atom is -0.487 e. The Balaban J connectivity index is 1.39. The first kappa shape index (κ1) is 19.0. The number of nitrogens with one attached hydrogen (secondary N) is 1. The van der Waals surface area contributed by atoms with Crippen LogP contribution < -0.4 is 15.6 Å². The van der Waals surface area contributed by atoms with Gasteiger partial charge in [0, 0.05) is 28.4 Å². The lowest BCUT2D eigenvalue weighted by Gasteiger charge is -2.09. The minimum absolute atomic E-state index is 0.168. The molecule has 0 radical (unpaired) electrons. The van der Waals surface area contributed by atoms with E-state index < -0.39 is 5.82 Å². The van der Waals surface area contributed by atoms with E-state index in [1.165, 1.54) is 32.7 Å². The molecule has 0 saturated carbocycles. The van der Waals surface area contributed by atoms with Gasteiger partial charge in [-0.1, -0.05) is 6.07 Å². The third-order valence-corrected chi connectivity index (χ3v) is 6.47. The van der Waals surface area contributed by atoms with Crippen molar-refractivity contribution in [2.24, 2.45) is 0 Å². The van der Waals surface area contributed by atoms with Gasteiger partial charge in [-0.2, -0.15) is 0 Å². The Morgan fingerprint density at radius 2 is 2.13 bits per heavy atom. The summed E-state index contributed by atoms with van der Waals surface area (Å²) in [6.07, 6.45) is 5.11. The molecule has 7 heteroatoms. The van der Waals surface area contributed by atoms with E-state index in [2.05, 4.69) is 22.4 Å². The van der Waals surface area contributed by atoms with Gasteiger partial charge in [-0.3, -0.25) is 14.3 Å². The first-order valence-electron chi connectivity index (χ1n) is 9.89. The Bertz CT molecular complexity index is 1260. The Morgan fingerprint density at radius 3 is 2.97 bits per heavy atom. The van der Waals surface area contributed by atoms with Gasteiger partial charge in [0.05, 0.1) is 17.6 Å². The summed E-state index contributed by atoms with van der Waals surface area (Å²) in [5.74, 6) is 0.0640. The SMILES string of the molecule is O=c1cc(OCc2ccc(F)cn2)ccn1-c1ccc2c3c(sc2c1)CNCCC3. The van der Waals surface area contributed by atoms with Gasteiger partial charge in [-0.05, 0) is 60.7 Å². The molecule has 0 fully saturated rings. The van der Waals surface area contributed by atoms with Crippen molar-refractivity contribution in [1.29, 1.82) is 0 Å². The quantitative estimate of drug-likeness (QED) is 0.537. The van der Waals surface area contributed by atoms with Crippen LogP contribution in [0.15, 0.2) is 59.7 Å². The second-order valence-corrected chi connectivity index (χ2v) is 8.43. The third kappa shape index (κ3) is 3.74. The molecule has 0 unspecified atom stereocenters. The normalized spacial score (nSPS) is 13.8. The molecule has 4 heterocycles. The van der Waals surface area contributed by atoms with Gasteiger partial charge in [0.1, 0.15) is 18.2 Å². The predicted molar refractivity (Wildman–Crippen MR) is 116 cm³/mol. The lowest BCUT2D eigenvalue weighted by molar-refractivity contribution is 0.300. The fourth-order valence-corrected chi connectivity index (χ4v) is 5.02. The number of hydrogen-bond acceptors (Lipinski definition) is 5. The van der Waals surface area contributed by atoms with Gasteiger partial charge in [-0.25, -0.2) is 4.39 Å².